The topological polar surface area (TPSA) is 29.5 Å². The van der Waals surface area contributed by atoms with Gasteiger partial charge in [-0.15, -0.1) is 0 Å². The molecular formula is C17H23F2NO2. The zero-order valence-corrected chi connectivity index (χ0v) is 13.5. The number of carbonyl (C=O) groups is 1. The summed E-state index contributed by atoms with van der Waals surface area (Å²) in [5, 5.41) is 0. The van der Waals surface area contributed by atoms with Crippen LogP contribution in [0.15, 0.2) is 18.2 Å². The molecule has 22 heavy (non-hydrogen) atoms. The SMILES string of the molecule is CCOC(=O)[C@@H]1CN(C(C)(C)C)C[C@H]1c1ccc(F)cc1F. The van der Waals surface area contributed by atoms with Crippen molar-refractivity contribution in [2.45, 2.75) is 39.2 Å². The van der Waals surface area contributed by atoms with Crippen LogP contribution in [0.2, 0.25) is 0 Å². The number of benzene rings is 1. The van der Waals surface area contributed by atoms with Crippen LogP contribution >= 0.6 is 0 Å². The Morgan fingerprint density at radius 3 is 2.55 bits per heavy atom. The van der Waals surface area contributed by atoms with Crippen molar-refractivity contribution in [3.63, 3.8) is 0 Å². The molecule has 1 fully saturated rings. The molecule has 1 aliphatic heterocycles. The molecule has 1 saturated heterocycles. The highest BCUT2D eigenvalue weighted by atomic mass is 19.1. The molecular weight excluding hydrogens is 288 g/mol. The molecule has 0 saturated carbocycles. The number of rotatable bonds is 3. The number of ether oxygens (including phenoxy) is 1. The summed E-state index contributed by atoms with van der Waals surface area (Å²) >= 11 is 0. The summed E-state index contributed by atoms with van der Waals surface area (Å²) in [6, 6.07) is 3.55. The van der Waals surface area contributed by atoms with Gasteiger partial charge < -0.3 is 4.74 Å². The van der Waals surface area contributed by atoms with Gasteiger partial charge in [-0.3, -0.25) is 9.69 Å². The van der Waals surface area contributed by atoms with Gasteiger partial charge in [0.25, 0.3) is 0 Å². The van der Waals surface area contributed by atoms with Crippen molar-refractivity contribution < 1.29 is 18.3 Å². The van der Waals surface area contributed by atoms with E-state index in [1.54, 1.807) is 6.92 Å². The zero-order chi connectivity index (χ0) is 16.5. The van der Waals surface area contributed by atoms with E-state index in [2.05, 4.69) is 25.7 Å². The van der Waals surface area contributed by atoms with Crippen LogP contribution in [-0.2, 0) is 9.53 Å². The highest BCUT2D eigenvalue weighted by molar-refractivity contribution is 5.74. The molecule has 1 aliphatic rings. The van der Waals surface area contributed by atoms with E-state index in [0.29, 0.717) is 25.3 Å². The van der Waals surface area contributed by atoms with E-state index in [0.717, 1.165) is 6.07 Å². The molecule has 0 unspecified atom stereocenters. The van der Waals surface area contributed by atoms with Gasteiger partial charge in [0.1, 0.15) is 11.6 Å². The molecule has 1 aromatic rings. The Balaban J connectivity index is 2.34. The fraction of sp³-hybridized carbons (Fsp3) is 0.588. The molecule has 1 aromatic carbocycles. The quantitative estimate of drug-likeness (QED) is 0.802. The van der Waals surface area contributed by atoms with Crippen LogP contribution in [-0.4, -0.2) is 36.1 Å². The van der Waals surface area contributed by atoms with Crippen molar-refractivity contribution in [3.8, 4) is 0 Å². The van der Waals surface area contributed by atoms with Gasteiger partial charge in [0.05, 0.1) is 12.5 Å². The molecule has 1 heterocycles. The zero-order valence-electron chi connectivity index (χ0n) is 13.5. The normalized spacial score (nSPS) is 22.8. The number of halogens is 2. The lowest BCUT2D eigenvalue weighted by Crippen LogP contribution is -2.40. The largest absolute Gasteiger partial charge is 0.466 e. The van der Waals surface area contributed by atoms with Crippen molar-refractivity contribution in [1.82, 2.24) is 4.90 Å². The smallest absolute Gasteiger partial charge is 0.310 e. The average molecular weight is 311 g/mol. The van der Waals surface area contributed by atoms with Crippen LogP contribution < -0.4 is 0 Å². The number of hydrogen-bond donors (Lipinski definition) is 0. The van der Waals surface area contributed by atoms with Crippen LogP contribution in [0.4, 0.5) is 8.78 Å². The Hall–Kier alpha value is -1.49. The Morgan fingerprint density at radius 2 is 2.00 bits per heavy atom. The fourth-order valence-corrected chi connectivity index (χ4v) is 2.96. The number of esters is 1. The van der Waals surface area contributed by atoms with Gasteiger partial charge in [0, 0.05) is 30.6 Å². The van der Waals surface area contributed by atoms with Gasteiger partial charge in [0.15, 0.2) is 0 Å². The first kappa shape index (κ1) is 16.9. The average Bonchev–Trinajstić information content (AvgIpc) is 2.83. The van der Waals surface area contributed by atoms with Gasteiger partial charge in [-0.05, 0) is 39.3 Å². The molecule has 2 rings (SSSR count). The maximum atomic E-state index is 14.1. The second kappa shape index (κ2) is 6.32. The first-order chi connectivity index (χ1) is 10.2. The number of carbonyl (C=O) groups excluding carboxylic acids is 1. The number of nitrogens with zero attached hydrogens (tertiary/aromatic N) is 1. The summed E-state index contributed by atoms with van der Waals surface area (Å²) in [5.41, 5.74) is 0.252. The third kappa shape index (κ3) is 3.46. The Bertz CT molecular complexity index is 554. The van der Waals surface area contributed by atoms with Gasteiger partial charge in [-0.1, -0.05) is 6.07 Å². The molecule has 3 nitrogen and oxygen atoms in total. The minimum Gasteiger partial charge on any atom is -0.466 e. The summed E-state index contributed by atoms with van der Waals surface area (Å²) in [6.07, 6.45) is 0. The van der Waals surface area contributed by atoms with E-state index in [4.69, 9.17) is 4.74 Å². The Kier molecular flexibility index (Phi) is 4.85. The van der Waals surface area contributed by atoms with Crippen molar-refractivity contribution in [1.29, 1.82) is 0 Å². The second-order valence-electron chi connectivity index (χ2n) is 6.71. The lowest BCUT2D eigenvalue weighted by atomic mass is 9.88. The summed E-state index contributed by atoms with van der Waals surface area (Å²) in [7, 11) is 0. The first-order valence-electron chi connectivity index (χ1n) is 7.60. The van der Waals surface area contributed by atoms with E-state index in [1.165, 1.54) is 12.1 Å². The highest BCUT2D eigenvalue weighted by Gasteiger charge is 2.43. The summed E-state index contributed by atoms with van der Waals surface area (Å²) in [5.74, 6) is -2.28. The Labute approximate surface area is 130 Å². The molecule has 0 N–H and O–H groups in total. The van der Waals surface area contributed by atoms with Gasteiger partial charge in [-0.2, -0.15) is 0 Å². The minimum absolute atomic E-state index is 0.129. The van der Waals surface area contributed by atoms with Crippen LogP contribution in [0, 0.1) is 17.6 Å². The third-order valence-electron chi connectivity index (χ3n) is 4.22. The molecule has 0 bridgehead atoms. The van der Waals surface area contributed by atoms with Crippen LogP contribution in [0.5, 0.6) is 0 Å². The van der Waals surface area contributed by atoms with Crippen molar-refractivity contribution in [3.05, 3.63) is 35.4 Å². The van der Waals surface area contributed by atoms with E-state index >= 15 is 0 Å². The van der Waals surface area contributed by atoms with Crippen LogP contribution in [0.3, 0.4) is 0 Å². The molecule has 0 aromatic heterocycles. The van der Waals surface area contributed by atoms with Crippen molar-refractivity contribution in [2.24, 2.45) is 5.92 Å². The lowest BCUT2D eigenvalue weighted by molar-refractivity contribution is -0.148. The summed E-state index contributed by atoms with van der Waals surface area (Å²) in [6.45, 7) is 9.28. The van der Waals surface area contributed by atoms with Crippen molar-refractivity contribution >= 4 is 5.97 Å². The Morgan fingerprint density at radius 1 is 1.32 bits per heavy atom. The fourth-order valence-electron chi connectivity index (χ4n) is 2.96. The van der Waals surface area contributed by atoms with Gasteiger partial charge in [0.2, 0.25) is 0 Å². The maximum Gasteiger partial charge on any atom is 0.310 e. The predicted octanol–water partition coefficient (Wildman–Crippen LogP) is 3.34. The van der Waals surface area contributed by atoms with E-state index in [1.807, 2.05) is 0 Å². The van der Waals surface area contributed by atoms with E-state index in [9.17, 15) is 13.6 Å². The van der Waals surface area contributed by atoms with Crippen LogP contribution in [0.25, 0.3) is 0 Å². The van der Waals surface area contributed by atoms with Gasteiger partial charge in [-0.25, -0.2) is 8.78 Å². The van der Waals surface area contributed by atoms with E-state index in [-0.39, 0.29) is 17.4 Å². The maximum absolute atomic E-state index is 14.1. The lowest BCUT2D eigenvalue weighted by Gasteiger charge is -2.31. The molecule has 122 valence electrons. The third-order valence-corrected chi connectivity index (χ3v) is 4.22. The first-order valence-corrected chi connectivity index (χ1v) is 7.60. The molecule has 0 radical (unpaired) electrons. The monoisotopic (exact) mass is 311 g/mol. The second-order valence-corrected chi connectivity index (χ2v) is 6.71. The van der Waals surface area contributed by atoms with Crippen LogP contribution in [0.1, 0.15) is 39.2 Å². The molecule has 2 atom stereocenters. The molecule has 0 spiro atoms. The summed E-state index contributed by atoms with van der Waals surface area (Å²) in [4.78, 5) is 14.4. The molecule has 0 aliphatic carbocycles. The highest BCUT2D eigenvalue weighted by Crippen LogP contribution is 2.38. The molecule has 5 heteroatoms. The van der Waals surface area contributed by atoms with Crippen molar-refractivity contribution in [2.75, 3.05) is 19.7 Å². The standard InChI is InChI=1S/C17H23F2NO2/c1-5-22-16(21)14-10-20(17(2,3)4)9-13(14)12-7-6-11(18)8-15(12)19/h6-8,13-14H,5,9-10H2,1-4H3/t13-,14+/m0/s1. The number of hydrogen-bond acceptors (Lipinski definition) is 3. The van der Waals surface area contributed by atoms with Gasteiger partial charge >= 0.3 is 5.97 Å². The summed E-state index contributed by atoms with van der Waals surface area (Å²) < 4.78 is 32.4. The number of likely N-dealkylation sites (tertiary alicyclic amines) is 1. The minimum atomic E-state index is -0.611. The molecule has 0 amide bonds. The van der Waals surface area contributed by atoms with E-state index < -0.39 is 17.6 Å². The predicted molar refractivity (Wildman–Crippen MR) is 80.5 cm³/mol.